The molecule has 1 aliphatic heterocycles. The maximum Gasteiger partial charge on any atom is 0.410 e. The van der Waals surface area contributed by atoms with Crippen LogP contribution < -0.4 is 10.5 Å². The van der Waals surface area contributed by atoms with E-state index < -0.39 is 17.0 Å². The highest BCUT2D eigenvalue weighted by Crippen LogP contribution is 2.39. The fourth-order valence-corrected chi connectivity index (χ4v) is 3.49. The average Bonchev–Trinajstić information content (AvgIpc) is 2.65. The molecule has 1 aliphatic rings. The largest absolute Gasteiger partial charge is 0.482 e. The van der Waals surface area contributed by atoms with Gasteiger partial charge in [-0.05, 0) is 62.7 Å². The Morgan fingerprint density at radius 3 is 2.31 bits per heavy atom. The molecule has 0 spiro atoms. The number of likely N-dealkylation sites (tertiary alicyclic amines) is 1. The quantitative estimate of drug-likeness (QED) is 0.678. The Hall–Kier alpha value is -2.47. The van der Waals surface area contributed by atoms with Crippen molar-refractivity contribution in [1.29, 1.82) is 0 Å². The molecule has 0 radical (unpaired) electrons. The predicted molar refractivity (Wildman–Crippen MR) is 112 cm³/mol. The lowest BCUT2D eigenvalue weighted by Gasteiger charge is -2.42. The highest BCUT2D eigenvalue weighted by atomic mass is 35.5. The molecule has 2 aromatic carbocycles. The van der Waals surface area contributed by atoms with Crippen LogP contribution in [-0.2, 0) is 10.3 Å². The van der Waals surface area contributed by atoms with E-state index in [4.69, 9.17) is 26.8 Å². The van der Waals surface area contributed by atoms with Gasteiger partial charge in [-0.2, -0.15) is 0 Å². The number of anilines is 1. The standard InChI is InChI=1S/C22H26ClFN2O3/c1-21(2,3)29-20(27)26-12-10-22(11-13-26,15-4-9-18(23)19(24)14-15)28-17-7-5-16(25)6-8-17/h4-9,14H,10-13,25H2,1-3H3. The van der Waals surface area contributed by atoms with Crippen LogP contribution in [0.4, 0.5) is 14.9 Å². The van der Waals surface area contributed by atoms with Crippen LogP contribution >= 0.6 is 11.6 Å². The number of halogens is 2. The highest BCUT2D eigenvalue weighted by molar-refractivity contribution is 6.30. The monoisotopic (exact) mass is 420 g/mol. The molecule has 7 heteroatoms. The van der Waals surface area contributed by atoms with Gasteiger partial charge < -0.3 is 20.1 Å². The van der Waals surface area contributed by atoms with Crippen LogP contribution in [-0.4, -0.2) is 29.7 Å². The van der Waals surface area contributed by atoms with Crippen LogP contribution in [0, 0.1) is 5.82 Å². The second-order valence-corrected chi connectivity index (χ2v) is 8.67. The average molecular weight is 421 g/mol. The molecule has 0 saturated carbocycles. The number of benzene rings is 2. The van der Waals surface area contributed by atoms with Gasteiger partial charge in [-0.25, -0.2) is 9.18 Å². The van der Waals surface area contributed by atoms with Gasteiger partial charge in [0.25, 0.3) is 0 Å². The van der Waals surface area contributed by atoms with Gasteiger partial charge in [-0.3, -0.25) is 0 Å². The SMILES string of the molecule is CC(C)(C)OC(=O)N1CCC(Oc2ccc(N)cc2)(c2ccc(Cl)c(F)c2)CC1. The fraction of sp³-hybridized carbons (Fsp3) is 0.409. The van der Waals surface area contributed by atoms with Crippen molar-refractivity contribution >= 4 is 23.4 Å². The molecule has 1 saturated heterocycles. The maximum absolute atomic E-state index is 14.2. The smallest absolute Gasteiger partial charge is 0.410 e. The number of piperidine rings is 1. The molecule has 2 N–H and O–H groups in total. The van der Waals surface area contributed by atoms with E-state index in [1.807, 2.05) is 20.8 Å². The number of rotatable bonds is 3. The zero-order valence-electron chi connectivity index (χ0n) is 16.9. The first kappa shape index (κ1) is 21.2. The van der Waals surface area contributed by atoms with Crippen molar-refractivity contribution in [1.82, 2.24) is 4.90 Å². The molecule has 156 valence electrons. The molecule has 0 unspecified atom stereocenters. The number of nitrogens with zero attached hydrogens (tertiary/aromatic N) is 1. The van der Waals surface area contributed by atoms with Gasteiger partial charge in [-0.15, -0.1) is 0 Å². The molecule has 3 rings (SSSR count). The number of amides is 1. The molecule has 0 aliphatic carbocycles. The van der Waals surface area contributed by atoms with Crippen LogP contribution in [0.2, 0.25) is 5.02 Å². The van der Waals surface area contributed by atoms with Gasteiger partial charge in [0.15, 0.2) is 0 Å². The molecule has 0 aromatic heterocycles. The van der Waals surface area contributed by atoms with Crippen LogP contribution in [0.5, 0.6) is 5.75 Å². The number of hydrogen-bond acceptors (Lipinski definition) is 4. The number of hydrogen-bond donors (Lipinski definition) is 1. The van der Waals surface area contributed by atoms with Gasteiger partial charge >= 0.3 is 6.09 Å². The van der Waals surface area contributed by atoms with Crippen molar-refractivity contribution in [3.8, 4) is 5.75 Å². The summed E-state index contributed by atoms with van der Waals surface area (Å²) in [5, 5.41) is 0.0579. The van der Waals surface area contributed by atoms with Gasteiger partial charge in [-0.1, -0.05) is 17.7 Å². The second kappa shape index (κ2) is 8.11. The molecule has 5 nitrogen and oxygen atoms in total. The molecule has 1 amide bonds. The number of nitrogens with two attached hydrogens (primary N) is 1. The molecule has 2 aromatic rings. The summed E-state index contributed by atoms with van der Waals surface area (Å²) in [6, 6.07) is 11.8. The van der Waals surface area contributed by atoms with Crippen molar-refractivity contribution in [2.75, 3.05) is 18.8 Å². The van der Waals surface area contributed by atoms with Gasteiger partial charge in [0, 0.05) is 31.6 Å². The Morgan fingerprint density at radius 1 is 1.14 bits per heavy atom. The normalized spacial score (nSPS) is 16.4. The zero-order chi connectivity index (χ0) is 21.2. The van der Waals surface area contributed by atoms with E-state index in [2.05, 4.69) is 0 Å². The summed E-state index contributed by atoms with van der Waals surface area (Å²) in [7, 11) is 0. The van der Waals surface area contributed by atoms with Gasteiger partial charge in [0.05, 0.1) is 5.02 Å². The van der Waals surface area contributed by atoms with Crippen molar-refractivity contribution in [3.63, 3.8) is 0 Å². The number of ether oxygens (including phenoxy) is 2. The lowest BCUT2D eigenvalue weighted by molar-refractivity contribution is -0.0207. The van der Waals surface area contributed by atoms with Crippen LogP contribution in [0.3, 0.4) is 0 Å². The maximum atomic E-state index is 14.2. The number of carbonyl (C=O) groups excluding carboxylic acids is 1. The van der Waals surface area contributed by atoms with E-state index in [-0.39, 0.29) is 11.1 Å². The topological polar surface area (TPSA) is 64.8 Å². The van der Waals surface area contributed by atoms with E-state index in [0.29, 0.717) is 42.9 Å². The molecule has 1 heterocycles. The first-order chi connectivity index (χ1) is 13.6. The predicted octanol–water partition coefficient (Wildman–Crippen LogP) is 5.37. The van der Waals surface area contributed by atoms with Gasteiger partial charge in [0.2, 0.25) is 0 Å². The first-order valence-corrected chi connectivity index (χ1v) is 9.94. The Bertz CT molecular complexity index is 873. The fourth-order valence-electron chi connectivity index (χ4n) is 3.37. The van der Waals surface area contributed by atoms with E-state index in [9.17, 15) is 9.18 Å². The molecule has 0 bridgehead atoms. The van der Waals surface area contributed by atoms with E-state index in [1.165, 1.54) is 12.1 Å². The zero-order valence-corrected chi connectivity index (χ0v) is 17.6. The minimum atomic E-state index is -0.792. The van der Waals surface area contributed by atoms with E-state index in [0.717, 1.165) is 0 Å². The first-order valence-electron chi connectivity index (χ1n) is 9.56. The summed E-state index contributed by atoms with van der Waals surface area (Å²) in [4.78, 5) is 14.1. The summed E-state index contributed by atoms with van der Waals surface area (Å²) < 4.78 is 26.0. The molecule has 0 atom stereocenters. The van der Waals surface area contributed by atoms with Gasteiger partial charge in [0.1, 0.15) is 22.8 Å². The van der Waals surface area contributed by atoms with Crippen LogP contribution in [0.25, 0.3) is 0 Å². The van der Waals surface area contributed by atoms with Crippen molar-refractivity contribution < 1.29 is 18.7 Å². The highest BCUT2D eigenvalue weighted by Gasteiger charge is 2.41. The lowest BCUT2D eigenvalue weighted by atomic mass is 9.84. The molecular formula is C22H26ClFN2O3. The van der Waals surface area contributed by atoms with Crippen molar-refractivity contribution in [2.45, 2.75) is 44.8 Å². The van der Waals surface area contributed by atoms with E-state index >= 15 is 0 Å². The lowest BCUT2D eigenvalue weighted by Crippen LogP contribution is -2.49. The third-order valence-corrected chi connectivity index (χ3v) is 5.17. The molecular weight excluding hydrogens is 395 g/mol. The number of carbonyl (C=O) groups is 1. The number of nitrogen functional groups attached to an aromatic ring is 1. The molecule has 1 fully saturated rings. The minimum absolute atomic E-state index is 0.0579. The summed E-state index contributed by atoms with van der Waals surface area (Å²) in [5.74, 6) is 0.124. The third-order valence-electron chi connectivity index (χ3n) is 4.86. The Kier molecular flexibility index (Phi) is 5.94. The minimum Gasteiger partial charge on any atom is -0.482 e. The van der Waals surface area contributed by atoms with Crippen LogP contribution in [0.15, 0.2) is 42.5 Å². The summed E-state index contributed by atoms with van der Waals surface area (Å²) in [6.07, 6.45) is 0.607. The Balaban J connectivity index is 1.86. The van der Waals surface area contributed by atoms with Crippen LogP contribution in [0.1, 0.15) is 39.2 Å². The Labute approximate surface area is 175 Å². The van der Waals surface area contributed by atoms with E-state index in [1.54, 1.807) is 35.2 Å². The Morgan fingerprint density at radius 2 is 1.76 bits per heavy atom. The second-order valence-electron chi connectivity index (χ2n) is 8.26. The summed E-state index contributed by atoms with van der Waals surface area (Å²) in [5.41, 5.74) is 5.72. The third kappa shape index (κ3) is 5.12. The summed E-state index contributed by atoms with van der Waals surface area (Å²) in [6.45, 7) is 6.35. The molecule has 29 heavy (non-hydrogen) atoms. The summed E-state index contributed by atoms with van der Waals surface area (Å²) >= 11 is 5.87. The van der Waals surface area contributed by atoms with Crippen molar-refractivity contribution in [2.24, 2.45) is 0 Å². The van der Waals surface area contributed by atoms with Crippen molar-refractivity contribution in [3.05, 3.63) is 58.9 Å².